The minimum absolute atomic E-state index is 0.183. The summed E-state index contributed by atoms with van der Waals surface area (Å²) in [5.74, 6) is -0.302. The Morgan fingerprint density at radius 2 is 2.08 bits per heavy atom. The summed E-state index contributed by atoms with van der Waals surface area (Å²) in [7, 11) is 0.776. The maximum absolute atomic E-state index is 12.8. The third-order valence-corrected chi connectivity index (χ3v) is 2.75. The molecule has 1 aromatic carbocycles. The zero-order chi connectivity index (χ0) is 9.42. The zero-order valence-corrected chi connectivity index (χ0v) is 9.64. The van der Waals surface area contributed by atoms with Gasteiger partial charge in [-0.25, -0.2) is 14.4 Å². The molecule has 0 bridgehead atoms. The second-order valence-corrected chi connectivity index (χ2v) is 4.02. The molecule has 0 N–H and O–H groups in total. The van der Waals surface area contributed by atoms with E-state index in [1.54, 1.807) is 6.07 Å². The molecule has 5 heteroatoms. The first-order chi connectivity index (χ1) is 6.16. The summed E-state index contributed by atoms with van der Waals surface area (Å²) in [6.45, 7) is 0. The lowest BCUT2D eigenvalue weighted by Gasteiger charge is -2.00. The van der Waals surface area contributed by atoms with Gasteiger partial charge in [-0.2, -0.15) is 0 Å². The van der Waals surface area contributed by atoms with E-state index in [0.717, 1.165) is 20.9 Å². The van der Waals surface area contributed by atoms with E-state index >= 15 is 0 Å². The number of fused-ring (bicyclic) bond motifs is 1. The SMILES string of the molecule is Fc1ccc2c([SiH3])nc(Cl)nc2c1. The molecular weight excluding hydrogens is 207 g/mol. The second-order valence-electron chi connectivity index (χ2n) is 2.74. The van der Waals surface area contributed by atoms with Gasteiger partial charge in [0.1, 0.15) is 5.82 Å². The summed E-state index contributed by atoms with van der Waals surface area (Å²) < 4.78 is 12.8. The largest absolute Gasteiger partial charge is 0.228 e. The van der Waals surface area contributed by atoms with Crippen LogP contribution < -0.4 is 5.32 Å². The number of hydrogen-bond donors (Lipinski definition) is 0. The average molecular weight is 213 g/mol. The van der Waals surface area contributed by atoms with Crippen molar-refractivity contribution >= 4 is 38.1 Å². The van der Waals surface area contributed by atoms with Gasteiger partial charge in [0.05, 0.1) is 15.8 Å². The van der Waals surface area contributed by atoms with Crippen LogP contribution in [-0.4, -0.2) is 20.2 Å². The quantitative estimate of drug-likeness (QED) is 0.467. The first-order valence-electron chi connectivity index (χ1n) is 3.76. The lowest BCUT2D eigenvalue weighted by Crippen LogP contribution is -2.11. The van der Waals surface area contributed by atoms with Gasteiger partial charge in [-0.15, -0.1) is 0 Å². The Bertz CT molecular complexity index is 470. The molecule has 0 radical (unpaired) electrons. The van der Waals surface area contributed by atoms with Crippen LogP contribution in [0.5, 0.6) is 0 Å². The summed E-state index contributed by atoms with van der Waals surface area (Å²) in [5, 5.41) is 1.97. The number of rotatable bonds is 0. The Hall–Kier alpha value is -1.00. The Labute approximate surface area is 82.2 Å². The summed E-state index contributed by atoms with van der Waals surface area (Å²) in [6.07, 6.45) is 0. The topological polar surface area (TPSA) is 25.8 Å². The highest BCUT2D eigenvalue weighted by atomic mass is 35.5. The average Bonchev–Trinajstić information content (AvgIpc) is 2.02. The van der Waals surface area contributed by atoms with E-state index in [9.17, 15) is 4.39 Å². The molecule has 2 aromatic rings. The van der Waals surface area contributed by atoms with E-state index in [2.05, 4.69) is 9.97 Å². The molecule has 13 heavy (non-hydrogen) atoms. The van der Waals surface area contributed by atoms with Crippen molar-refractivity contribution in [3.05, 3.63) is 29.3 Å². The van der Waals surface area contributed by atoms with Crippen LogP contribution >= 0.6 is 11.6 Å². The molecule has 0 amide bonds. The van der Waals surface area contributed by atoms with Crippen LogP contribution in [0.2, 0.25) is 5.28 Å². The maximum Gasteiger partial charge on any atom is 0.222 e. The van der Waals surface area contributed by atoms with E-state index in [1.807, 2.05) is 0 Å². The van der Waals surface area contributed by atoms with E-state index in [0.29, 0.717) is 5.52 Å². The molecule has 0 aliphatic rings. The second kappa shape index (κ2) is 3.05. The van der Waals surface area contributed by atoms with Gasteiger partial charge in [0.2, 0.25) is 5.28 Å². The number of nitrogens with zero attached hydrogens (tertiary/aromatic N) is 2. The molecular formula is C8H6ClFN2Si. The molecule has 1 heterocycles. The normalized spacial score (nSPS) is 10.9. The molecule has 2 nitrogen and oxygen atoms in total. The molecule has 1 aromatic heterocycles. The summed E-state index contributed by atoms with van der Waals surface area (Å²) in [4.78, 5) is 7.96. The van der Waals surface area contributed by atoms with Crippen molar-refractivity contribution in [2.75, 3.05) is 0 Å². The molecule has 2 rings (SSSR count). The van der Waals surface area contributed by atoms with Gasteiger partial charge >= 0.3 is 0 Å². The van der Waals surface area contributed by atoms with E-state index in [4.69, 9.17) is 11.6 Å². The summed E-state index contributed by atoms with van der Waals surface area (Å²) in [5.41, 5.74) is 0.574. The van der Waals surface area contributed by atoms with Gasteiger partial charge < -0.3 is 0 Å². The predicted molar refractivity (Wildman–Crippen MR) is 54.1 cm³/mol. The number of benzene rings is 1. The van der Waals surface area contributed by atoms with Gasteiger partial charge in [0.25, 0.3) is 0 Å². The van der Waals surface area contributed by atoms with Crippen molar-refractivity contribution in [1.82, 2.24) is 9.97 Å². The Morgan fingerprint density at radius 3 is 2.85 bits per heavy atom. The Morgan fingerprint density at radius 1 is 1.31 bits per heavy atom. The molecule has 0 saturated carbocycles. The van der Waals surface area contributed by atoms with Crippen LogP contribution in [0.1, 0.15) is 0 Å². The summed E-state index contributed by atoms with van der Waals surface area (Å²) >= 11 is 5.65. The Kier molecular flexibility index (Phi) is 2.01. The zero-order valence-electron chi connectivity index (χ0n) is 6.88. The monoisotopic (exact) mass is 212 g/mol. The molecule has 0 atom stereocenters. The van der Waals surface area contributed by atoms with Crippen LogP contribution in [0.25, 0.3) is 10.9 Å². The molecule has 0 aliphatic carbocycles. The minimum Gasteiger partial charge on any atom is -0.228 e. The molecule has 0 saturated heterocycles. The van der Waals surface area contributed by atoms with Crippen LogP contribution in [0.3, 0.4) is 0 Å². The fourth-order valence-corrected chi connectivity index (χ4v) is 2.22. The van der Waals surface area contributed by atoms with E-state index < -0.39 is 0 Å². The minimum atomic E-state index is -0.302. The molecule has 0 fully saturated rings. The summed E-state index contributed by atoms with van der Waals surface area (Å²) in [6, 6.07) is 4.45. The third kappa shape index (κ3) is 1.55. The third-order valence-electron chi connectivity index (χ3n) is 1.82. The number of halogens is 2. The van der Waals surface area contributed by atoms with Crippen molar-refractivity contribution in [2.45, 2.75) is 0 Å². The first kappa shape index (κ1) is 8.59. The van der Waals surface area contributed by atoms with Crippen LogP contribution in [-0.2, 0) is 0 Å². The molecule has 0 unspecified atom stereocenters. The number of aromatic nitrogens is 2. The van der Waals surface area contributed by atoms with E-state index in [1.165, 1.54) is 12.1 Å². The molecule has 0 spiro atoms. The van der Waals surface area contributed by atoms with Crippen molar-refractivity contribution in [3.8, 4) is 0 Å². The highest BCUT2D eigenvalue weighted by molar-refractivity contribution is 6.38. The fraction of sp³-hybridized carbons (Fsp3) is 0. The Balaban J connectivity index is 2.86. The van der Waals surface area contributed by atoms with E-state index in [-0.39, 0.29) is 11.1 Å². The maximum atomic E-state index is 12.8. The van der Waals surface area contributed by atoms with Crippen molar-refractivity contribution in [1.29, 1.82) is 0 Å². The van der Waals surface area contributed by atoms with Crippen LogP contribution in [0.15, 0.2) is 18.2 Å². The van der Waals surface area contributed by atoms with Crippen molar-refractivity contribution in [3.63, 3.8) is 0 Å². The lowest BCUT2D eigenvalue weighted by atomic mass is 10.2. The number of hydrogen-bond acceptors (Lipinski definition) is 2. The van der Waals surface area contributed by atoms with Crippen molar-refractivity contribution < 1.29 is 4.39 Å². The highest BCUT2D eigenvalue weighted by Gasteiger charge is 2.02. The lowest BCUT2D eigenvalue weighted by molar-refractivity contribution is 0.629. The van der Waals surface area contributed by atoms with Gasteiger partial charge in [-0.3, -0.25) is 0 Å². The molecule has 66 valence electrons. The molecule has 0 aliphatic heterocycles. The fourth-order valence-electron chi connectivity index (χ4n) is 1.23. The standard InChI is InChI=1S/C8H6ClFN2Si/c9-8-11-6-3-4(10)1-2-5(6)7(13)12-8/h1-3H,13H3. The van der Waals surface area contributed by atoms with Crippen LogP contribution in [0, 0.1) is 5.82 Å². The van der Waals surface area contributed by atoms with Crippen molar-refractivity contribution in [2.24, 2.45) is 0 Å². The van der Waals surface area contributed by atoms with Crippen LogP contribution in [0.4, 0.5) is 4.39 Å². The predicted octanol–water partition coefficient (Wildman–Crippen LogP) is 0.413. The van der Waals surface area contributed by atoms with Gasteiger partial charge in [-0.05, 0) is 23.7 Å². The van der Waals surface area contributed by atoms with Gasteiger partial charge in [-0.1, -0.05) is 0 Å². The van der Waals surface area contributed by atoms with Gasteiger partial charge in [0.15, 0.2) is 0 Å². The highest BCUT2D eigenvalue weighted by Crippen LogP contribution is 2.11. The van der Waals surface area contributed by atoms with Gasteiger partial charge in [0, 0.05) is 16.8 Å². The smallest absolute Gasteiger partial charge is 0.222 e. The first-order valence-corrected chi connectivity index (χ1v) is 5.14.